The van der Waals surface area contributed by atoms with E-state index in [-0.39, 0.29) is 11.8 Å². The van der Waals surface area contributed by atoms with Crippen molar-refractivity contribution in [1.82, 2.24) is 4.57 Å². The number of fused-ring (bicyclic) bond motifs is 1. The molecule has 0 aliphatic carbocycles. The van der Waals surface area contributed by atoms with Gasteiger partial charge in [0.25, 0.3) is 0 Å². The SMILES string of the molecule is CC(C)n1c(CC=O)cc2c(O)cccc21. The summed E-state index contributed by atoms with van der Waals surface area (Å²) in [5.41, 5.74) is 1.92. The average molecular weight is 217 g/mol. The molecule has 0 atom stereocenters. The molecule has 1 N–H and O–H groups in total. The Morgan fingerprint density at radius 1 is 1.44 bits per heavy atom. The number of hydrogen-bond donors (Lipinski definition) is 1. The van der Waals surface area contributed by atoms with Gasteiger partial charge in [0, 0.05) is 23.5 Å². The summed E-state index contributed by atoms with van der Waals surface area (Å²) in [5, 5.41) is 10.6. The first-order chi connectivity index (χ1) is 7.65. The zero-order chi connectivity index (χ0) is 11.7. The fourth-order valence-electron chi connectivity index (χ4n) is 2.14. The lowest BCUT2D eigenvalue weighted by Crippen LogP contribution is -2.05. The number of rotatable bonds is 3. The number of carbonyl (C=O) groups excluding carboxylic acids is 1. The topological polar surface area (TPSA) is 42.2 Å². The molecule has 84 valence electrons. The summed E-state index contributed by atoms with van der Waals surface area (Å²) in [5.74, 6) is 0.268. The van der Waals surface area contributed by atoms with E-state index in [9.17, 15) is 9.90 Å². The molecule has 1 heterocycles. The molecule has 0 bridgehead atoms. The van der Waals surface area contributed by atoms with Gasteiger partial charge < -0.3 is 14.5 Å². The van der Waals surface area contributed by atoms with Crippen molar-refractivity contribution in [2.45, 2.75) is 26.3 Å². The van der Waals surface area contributed by atoms with Crippen LogP contribution in [0.2, 0.25) is 0 Å². The van der Waals surface area contributed by atoms with Crippen LogP contribution in [-0.4, -0.2) is 16.0 Å². The van der Waals surface area contributed by atoms with Crippen molar-refractivity contribution in [2.75, 3.05) is 0 Å². The van der Waals surface area contributed by atoms with Crippen molar-refractivity contribution in [1.29, 1.82) is 0 Å². The highest BCUT2D eigenvalue weighted by Gasteiger charge is 2.12. The average Bonchev–Trinajstić information content (AvgIpc) is 2.58. The third-order valence-corrected chi connectivity index (χ3v) is 2.75. The number of phenols is 1. The van der Waals surface area contributed by atoms with E-state index in [0.29, 0.717) is 6.42 Å². The van der Waals surface area contributed by atoms with Gasteiger partial charge in [-0.2, -0.15) is 0 Å². The third kappa shape index (κ3) is 1.58. The first-order valence-electron chi connectivity index (χ1n) is 5.40. The van der Waals surface area contributed by atoms with Gasteiger partial charge in [0.05, 0.1) is 5.52 Å². The highest BCUT2D eigenvalue weighted by atomic mass is 16.3. The molecule has 1 aromatic carbocycles. The number of hydrogen-bond acceptors (Lipinski definition) is 2. The second kappa shape index (κ2) is 4.00. The van der Waals surface area contributed by atoms with Crippen molar-refractivity contribution >= 4 is 17.2 Å². The highest BCUT2D eigenvalue weighted by Crippen LogP contribution is 2.30. The van der Waals surface area contributed by atoms with Crippen LogP contribution >= 0.6 is 0 Å². The molecule has 1 aromatic heterocycles. The Morgan fingerprint density at radius 2 is 2.19 bits per heavy atom. The molecule has 0 saturated carbocycles. The van der Waals surface area contributed by atoms with Crippen LogP contribution in [0, 0.1) is 0 Å². The van der Waals surface area contributed by atoms with E-state index < -0.39 is 0 Å². The number of nitrogens with zero attached hydrogens (tertiary/aromatic N) is 1. The predicted octanol–water partition coefficient (Wildman–Crippen LogP) is 2.67. The molecule has 0 spiro atoms. The Kier molecular flexibility index (Phi) is 2.69. The summed E-state index contributed by atoms with van der Waals surface area (Å²) < 4.78 is 2.09. The van der Waals surface area contributed by atoms with E-state index in [1.165, 1.54) is 0 Å². The van der Waals surface area contributed by atoms with Gasteiger partial charge in [-0.1, -0.05) is 6.07 Å². The maximum absolute atomic E-state index is 10.6. The van der Waals surface area contributed by atoms with E-state index >= 15 is 0 Å². The highest BCUT2D eigenvalue weighted by molar-refractivity contribution is 5.87. The molecule has 3 heteroatoms. The van der Waals surface area contributed by atoms with E-state index in [4.69, 9.17) is 0 Å². The molecule has 0 amide bonds. The van der Waals surface area contributed by atoms with Crippen LogP contribution in [0.4, 0.5) is 0 Å². The summed E-state index contributed by atoms with van der Waals surface area (Å²) in [6.45, 7) is 4.13. The second-order valence-corrected chi connectivity index (χ2v) is 4.18. The van der Waals surface area contributed by atoms with Gasteiger partial charge in [-0.05, 0) is 32.0 Å². The van der Waals surface area contributed by atoms with Crippen LogP contribution < -0.4 is 0 Å². The van der Waals surface area contributed by atoms with Crippen molar-refractivity contribution < 1.29 is 9.90 Å². The number of carbonyl (C=O) groups is 1. The summed E-state index contributed by atoms with van der Waals surface area (Å²) >= 11 is 0. The maximum Gasteiger partial charge on any atom is 0.125 e. The Morgan fingerprint density at radius 3 is 2.81 bits per heavy atom. The first kappa shape index (κ1) is 10.7. The molecule has 0 aliphatic rings. The monoisotopic (exact) mass is 217 g/mol. The molecule has 16 heavy (non-hydrogen) atoms. The normalized spacial score (nSPS) is 11.2. The number of benzene rings is 1. The Hall–Kier alpha value is -1.77. The smallest absolute Gasteiger partial charge is 0.125 e. The van der Waals surface area contributed by atoms with E-state index in [1.807, 2.05) is 18.2 Å². The van der Waals surface area contributed by atoms with Gasteiger partial charge in [0.2, 0.25) is 0 Å². The predicted molar refractivity (Wildman–Crippen MR) is 63.8 cm³/mol. The number of aldehydes is 1. The van der Waals surface area contributed by atoms with E-state index in [1.54, 1.807) is 6.07 Å². The molecule has 0 unspecified atom stereocenters. The molecular formula is C13H15NO2. The number of aromatic hydroxyl groups is 1. The molecular weight excluding hydrogens is 202 g/mol. The number of aromatic nitrogens is 1. The van der Waals surface area contributed by atoms with Crippen LogP contribution in [0.15, 0.2) is 24.3 Å². The van der Waals surface area contributed by atoms with Crippen LogP contribution in [0.25, 0.3) is 10.9 Å². The molecule has 2 rings (SSSR count). The third-order valence-electron chi connectivity index (χ3n) is 2.75. The van der Waals surface area contributed by atoms with Gasteiger partial charge in [0.15, 0.2) is 0 Å². The van der Waals surface area contributed by atoms with Crippen molar-refractivity contribution in [3.05, 3.63) is 30.0 Å². The molecule has 3 nitrogen and oxygen atoms in total. The van der Waals surface area contributed by atoms with Crippen molar-refractivity contribution in [3.8, 4) is 5.75 Å². The minimum absolute atomic E-state index is 0.268. The van der Waals surface area contributed by atoms with Gasteiger partial charge >= 0.3 is 0 Å². The van der Waals surface area contributed by atoms with Crippen LogP contribution in [0.3, 0.4) is 0 Å². The lowest BCUT2D eigenvalue weighted by molar-refractivity contribution is -0.107. The van der Waals surface area contributed by atoms with Crippen LogP contribution in [0.1, 0.15) is 25.6 Å². The molecule has 2 aromatic rings. The summed E-state index contributed by atoms with van der Waals surface area (Å²) in [6.07, 6.45) is 1.27. The minimum atomic E-state index is 0.268. The molecule has 0 radical (unpaired) electrons. The van der Waals surface area contributed by atoms with Gasteiger partial charge in [-0.3, -0.25) is 0 Å². The van der Waals surface area contributed by atoms with Gasteiger partial charge in [-0.25, -0.2) is 0 Å². The standard InChI is InChI=1S/C13H15NO2/c1-9(2)14-10(6-7-15)8-11-12(14)4-3-5-13(11)16/h3-5,7-9,16H,6H2,1-2H3. The fourth-order valence-corrected chi connectivity index (χ4v) is 2.14. The van der Waals surface area contributed by atoms with Crippen molar-refractivity contribution in [3.63, 3.8) is 0 Å². The second-order valence-electron chi connectivity index (χ2n) is 4.18. The Labute approximate surface area is 94.3 Å². The summed E-state index contributed by atoms with van der Waals surface area (Å²) in [7, 11) is 0. The molecule has 0 aliphatic heterocycles. The van der Waals surface area contributed by atoms with Crippen molar-refractivity contribution in [2.24, 2.45) is 0 Å². The summed E-state index contributed by atoms with van der Waals surface area (Å²) in [4.78, 5) is 10.6. The maximum atomic E-state index is 10.6. The lowest BCUT2D eigenvalue weighted by Gasteiger charge is -2.13. The Balaban J connectivity index is 2.75. The van der Waals surface area contributed by atoms with Gasteiger partial charge in [-0.15, -0.1) is 0 Å². The molecule has 0 saturated heterocycles. The van der Waals surface area contributed by atoms with E-state index in [0.717, 1.165) is 22.9 Å². The quantitative estimate of drug-likeness (QED) is 0.803. The minimum Gasteiger partial charge on any atom is -0.507 e. The lowest BCUT2D eigenvalue weighted by atomic mass is 10.2. The van der Waals surface area contributed by atoms with Crippen LogP contribution in [-0.2, 0) is 11.2 Å². The summed E-state index contributed by atoms with van der Waals surface area (Å²) in [6, 6.07) is 7.61. The van der Waals surface area contributed by atoms with E-state index in [2.05, 4.69) is 18.4 Å². The number of phenolic OH excluding ortho intramolecular Hbond substituents is 1. The van der Waals surface area contributed by atoms with Crippen LogP contribution in [0.5, 0.6) is 5.75 Å². The zero-order valence-corrected chi connectivity index (χ0v) is 9.47. The zero-order valence-electron chi connectivity index (χ0n) is 9.47. The van der Waals surface area contributed by atoms with Gasteiger partial charge in [0.1, 0.15) is 12.0 Å². The fraction of sp³-hybridized carbons (Fsp3) is 0.308. The molecule has 0 fully saturated rings. The Bertz CT molecular complexity index is 526. The first-order valence-corrected chi connectivity index (χ1v) is 5.40. The largest absolute Gasteiger partial charge is 0.507 e.